The highest BCUT2D eigenvalue weighted by Crippen LogP contribution is 2.27. The molecule has 1 saturated carbocycles. The van der Waals surface area contributed by atoms with Crippen molar-refractivity contribution in [2.24, 2.45) is 11.7 Å². The van der Waals surface area contributed by atoms with Crippen LogP contribution in [0.4, 0.5) is 0 Å². The first kappa shape index (κ1) is 14.8. The Morgan fingerprint density at radius 3 is 2.53 bits per heavy atom. The van der Waals surface area contributed by atoms with Crippen LogP contribution in [0.15, 0.2) is 0 Å². The highest BCUT2D eigenvalue weighted by atomic mass is 16.2. The molecule has 110 valence electrons. The topological polar surface area (TPSA) is 49.6 Å². The minimum atomic E-state index is 0.320. The molecular weight excluding hydrogens is 238 g/mol. The summed E-state index contributed by atoms with van der Waals surface area (Å²) in [5.41, 5.74) is 5.92. The van der Waals surface area contributed by atoms with Crippen LogP contribution in [0.1, 0.15) is 45.4 Å². The lowest BCUT2D eigenvalue weighted by molar-refractivity contribution is -0.132. The Balaban J connectivity index is 1.92. The molecule has 0 aromatic carbocycles. The molecule has 2 atom stereocenters. The van der Waals surface area contributed by atoms with Gasteiger partial charge < -0.3 is 10.6 Å². The number of carbonyl (C=O) groups is 1. The summed E-state index contributed by atoms with van der Waals surface area (Å²) in [5.74, 6) is 0.903. The van der Waals surface area contributed by atoms with Gasteiger partial charge >= 0.3 is 0 Å². The van der Waals surface area contributed by atoms with E-state index in [2.05, 4.69) is 11.8 Å². The van der Waals surface area contributed by atoms with Gasteiger partial charge in [-0.2, -0.15) is 0 Å². The maximum Gasteiger partial charge on any atom is 0.236 e. The third kappa shape index (κ3) is 3.69. The number of rotatable bonds is 5. The van der Waals surface area contributed by atoms with Gasteiger partial charge in [0, 0.05) is 19.1 Å². The Morgan fingerprint density at radius 2 is 1.89 bits per heavy atom. The van der Waals surface area contributed by atoms with Gasteiger partial charge in [0.15, 0.2) is 0 Å². The second-order valence-electron chi connectivity index (χ2n) is 6.00. The van der Waals surface area contributed by atoms with Crippen LogP contribution in [0.3, 0.4) is 0 Å². The van der Waals surface area contributed by atoms with Gasteiger partial charge in [0.2, 0.25) is 5.91 Å². The molecule has 2 rings (SSSR count). The standard InChI is InChI=1S/C15H29N3O/c1-2-17(12-15(19)18-9-5-6-10-18)14-8-4-3-7-13(14)11-16/h13-14H,2-12,16H2,1H3. The number of amides is 1. The van der Waals surface area contributed by atoms with Gasteiger partial charge in [-0.15, -0.1) is 0 Å². The van der Waals surface area contributed by atoms with Crippen molar-refractivity contribution < 1.29 is 4.79 Å². The molecule has 2 aliphatic rings. The minimum absolute atomic E-state index is 0.320. The highest BCUT2D eigenvalue weighted by Gasteiger charge is 2.30. The number of likely N-dealkylation sites (tertiary alicyclic amines) is 1. The summed E-state index contributed by atoms with van der Waals surface area (Å²) in [7, 11) is 0. The molecule has 2 fully saturated rings. The van der Waals surface area contributed by atoms with Crippen molar-refractivity contribution in [3.63, 3.8) is 0 Å². The third-order valence-electron chi connectivity index (χ3n) is 4.84. The van der Waals surface area contributed by atoms with E-state index in [0.29, 0.717) is 24.4 Å². The Kier molecular flexibility index (Phi) is 5.64. The van der Waals surface area contributed by atoms with Crippen molar-refractivity contribution in [3.8, 4) is 0 Å². The number of nitrogens with two attached hydrogens (primary N) is 1. The monoisotopic (exact) mass is 267 g/mol. The average Bonchev–Trinajstić information content (AvgIpc) is 2.98. The van der Waals surface area contributed by atoms with E-state index in [0.717, 1.165) is 26.2 Å². The van der Waals surface area contributed by atoms with Crippen LogP contribution >= 0.6 is 0 Å². The van der Waals surface area contributed by atoms with Gasteiger partial charge in [-0.25, -0.2) is 0 Å². The van der Waals surface area contributed by atoms with E-state index in [1.807, 2.05) is 4.90 Å². The Hall–Kier alpha value is -0.610. The number of nitrogens with zero attached hydrogens (tertiary/aromatic N) is 2. The van der Waals surface area contributed by atoms with Gasteiger partial charge in [0.05, 0.1) is 6.54 Å². The van der Waals surface area contributed by atoms with E-state index < -0.39 is 0 Å². The van der Waals surface area contributed by atoms with Gasteiger partial charge in [-0.05, 0) is 44.7 Å². The summed E-state index contributed by atoms with van der Waals surface area (Å²) >= 11 is 0. The van der Waals surface area contributed by atoms with Gasteiger partial charge in [0.1, 0.15) is 0 Å². The molecular formula is C15H29N3O. The Labute approximate surface area is 117 Å². The molecule has 19 heavy (non-hydrogen) atoms. The summed E-state index contributed by atoms with van der Waals surface area (Å²) in [4.78, 5) is 16.7. The first-order chi connectivity index (χ1) is 9.26. The molecule has 0 bridgehead atoms. The number of hydrogen-bond acceptors (Lipinski definition) is 3. The maximum atomic E-state index is 12.3. The van der Waals surface area contributed by atoms with Crippen molar-refractivity contribution in [2.45, 2.75) is 51.5 Å². The molecule has 0 aromatic heterocycles. The van der Waals surface area contributed by atoms with E-state index >= 15 is 0 Å². The molecule has 4 nitrogen and oxygen atoms in total. The molecule has 1 heterocycles. The zero-order chi connectivity index (χ0) is 13.7. The maximum absolute atomic E-state index is 12.3. The lowest BCUT2D eigenvalue weighted by atomic mass is 9.83. The SMILES string of the molecule is CCN(CC(=O)N1CCCC1)C1CCCCC1CN. The fourth-order valence-corrected chi connectivity index (χ4v) is 3.65. The van der Waals surface area contributed by atoms with Crippen molar-refractivity contribution in [2.75, 3.05) is 32.7 Å². The van der Waals surface area contributed by atoms with Crippen LogP contribution in [-0.4, -0.2) is 54.5 Å². The van der Waals surface area contributed by atoms with Crippen LogP contribution in [0.2, 0.25) is 0 Å². The van der Waals surface area contributed by atoms with E-state index in [9.17, 15) is 4.79 Å². The van der Waals surface area contributed by atoms with Gasteiger partial charge in [-0.3, -0.25) is 9.69 Å². The van der Waals surface area contributed by atoms with E-state index in [1.54, 1.807) is 0 Å². The van der Waals surface area contributed by atoms with Crippen molar-refractivity contribution >= 4 is 5.91 Å². The summed E-state index contributed by atoms with van der Waals surface area (Å²) in [6.07, 6.45) is 7.38. The molecule has 1 amide bonds. The van der Waals surface area contributed by atoms with Crippen LogP contribution in [0, 0.1) is 5.92 Å². The lowest BCUT2D eigenvalue weighted by Gasteiger charge is -2.39. The molecule has 0 radical (unpaired) electrons. The summed E-state index contributed by atoms with van der Waals surface area (Å²) < 4.78 is 0. The van der Waals surface area contributed by atoms with E-state index in [1.165, 1.54) is 38.5 Å². The van der Waals surface area contributed by atoms with Crippen LogP contribution < -0.4 is 5.73 Å². The summed E-state index contributed by atoms with van der Waals surface area (Å²) in [6, 6.07) is 0.523. The minimum Gasteiger partial charge on any atom is -0.342 e. The van der Waals surface area contributed by atoms with Crippen LogP contribution in [-0.2, 0) is 4.79 Å². The smallest absolute Gasteiger partial charge is 0.236 e. The van der Waals surface area contributed by atoms with Crippen molar-refractivity contribution in [1.82, 2.24) is 9.80 Å². The summed E-state index contributed by atoms with van der Waals surface area (Å²) in [5, 5.41) is 0. The molecule has 4 heteroatoms. The zero-order valence-electron chi connectivity index (χ0n) is 12.3. The lowest BCUT2D eigenvalue weighted by Crippen LogP contribution is -2.49. The second-order valence-corrected chi connectivity index (χ2v) is 6.00. The zero-order valence-corrected chi connectivity index (χ0v) is 12.3. The number of carbonyl (C=O) groups excluding carboxylic acids is 1. The van der Waals surface area contributed by atoms with Crippen LogP contribution in [0.25, 0.3) is 0 Å². The average molecular weight is 267 g/mol. The first-order valence-electron chi connectivity index (χ1n) is 7.98. The molecule has 1 saturated heterocycles. The van der Waals surface area contributed by atoms with Crippen molar-refractivity contribution in [3.05, 3.63) is 0 Å². The fraction of sp³-hybridized carbons (Fsp3) is 0.933. The second kappa shape index (κ2) is 7.25. The van der Waals surface area contributed by atoms with Gasteiger partial charge in [0.25, 0.3) is 0 Å². The Bertz CT molecular complexity index is 289. The Morgan fingerprint density at radius 1 is 1.21 bits per heavy atom. The highest BCUT2D eigenvalue weighted by molar-refractivity contribution is 5.78. The van der Waals surface area contributed by atoms with Crippen LogP contribution in [0.5, 0.6) is 0 Å². The largest absolute Gasteiger partial charge is 0.342 e. The van der Waals surface area contributed by atoms with Gasteiger partial charge in [-0.1, -0.05) is 19.8 Å². The molecule has 2 unspecified atom stereocenters. The predicted octanol–water partition coefficient (Wildman–Crippen LogP) is 1.45. The molecule has 0 aromatic rings. The van der Waals surface area contributed by atoms with E-state index in [-0.39, 0.29) is 0 Å². The summed E-state index contributed by atoms with van der Waals surface area (Å²) in [6.45, 7) is 6.40. The first-order valence-corrected chi connectivity index (χ1v) is 7.98. The van der Waals surface area contributed by atoms with E-state index in [4.69, 9.17) is 5.73 Å². The predicted molar refractivity (Wildman–Crippen MR) is 77.9 cm³/mol. The number of likely N-dealkylation sites (N-methyl/N-ethyl adjacent to an activating group) is 1. The molecule has 0 spiro atoms. The molecule has 1 aliphatic heterocycles. The quantitative estimate of drug-likeness (QED) is 0.820. The molecule has 2 N–H and O–H groups in total. The molecule has 1 aliphatic carbocycles. The normalized spacial score (nSPS) is 28.1. The third-order valence-corrected chi connectivity index (χ3v) is 4.84. The fourth-order valence-electron chi connectivity index (χ4n) is 3.65. The van der Waals surface area contributed by atoms with Crippen molar-refractivity contribution in [1.29, 1.82) is 0 Å². The number of hydrogen-bond donors (Lipinski definition) is 1.